The van der Waals surface area contributed by atoms with Crippen LogP contribution in [0.5, 0.6) is 0 Å². The molecule has 0 aliphatic carbocycles. The zero-order valence-corrected chi connectivity index (χ0v) is 10.9. The molecule has 1 heterocycles. The SMILES string of the molecule is CCCNC(CC)CCc1nccn1CC. The van der Waals surface area contributed by atoms with Crippen molar-refractivity contribution >= 4 is 0 Å². The first-order valence-electron chi connectivity index (χ1n) is 6.55. The van der Waals surface area contributed by atoms with E-state index in [9.17, 15) is 0 Å². The van der Waals surface area contributed by atoms with E-state index in [1.807, 2.05) is 6.20 Å². The van der Waals surface area contributed by atoms with Crippen LogP contribution in [-0.4, -0.2) is 22.1 Å². The standard InChI is InChI=1S/C13H25N3/c1-4-9-14-12(5-2)7-8-13-15-10-11-16(13)6-3/h10-12,14H,4-9H2,1-3H3. The number of nitrogens with zero attached hydrogens (tertiary/aromatic N) is 2. The van der Waals surface area contributed by atoms with Crippen molar-refractivity contribution in [1.82, 2.24) is 14.9 Å². The highest BCUT2D eigenvalue weighted by Gasteiger charge is 2.07. The molecule has 0 aliphatic rings. The Balaban J connectivity index is 2.36. The summed E-state index contributed by atoms with van der Waals surface area (Å²) in [5.74, 6) is 1.22. The molecule has 1 aromatic heterocycles. The Kier molecular flexibility index (Phi) is 6.16. The number of imidazole rings is 1. The van der Waals surface area contributed by atoms with Crippen LogP contribution in [0.15, 0.2) is 12.4 Å². The van der Waals surface area contributed by atoms with Crippen molar-refractivity contribution in [3.63, 3.8) is 0 Å². The van der Waals surface area contributed by atoms with Crippen molar-refractivity contribution in [2.24, 2.45) is 0 Å². The first-order valence-corrected chi connectivity index (χ1v) is 6.55. The van der Waals surface area contributed by atoms with Gasteiger partial charge in [-0.25, -0.2) is 4.98 Å². The van der Waals surface area contributed by atoms with Crippen molar-refractivity contribution in [3.05, 3.63) is 18.2 Å². The molecular weight excluding hydrogens is 198 g/mol. The molecule has 1 unspecified atom stereocenters. The van der Waals surface area contributed by atoms with Crippen LogP contribution in [0, 0.1) is 0 Å². The Labute approximate surface area is 99.3 Å². The van der Waals surface area contributed by atoms with E-state index in [4.69, 9.17) is 0 Å². The van der Waals surface area contributed by atoms with Crippen molar-refractivity contribution in [2.45, 2.75) is 59.0 Å². The molecule has 0 aromatic carbocycles. The molecule has 0 radical (unpaired) electrons. The van der Waals surface area contributed by atoms with E-state index >= 15 is 0 Å². The third kappa shape index (κ3) is 3.97. The van der Waals surface area contributed by atoms with Crippen LogP contribution in [-0.2, 0) is 13.0 Å². The van der Waals surface area contributed by atoms with Gasteiger partial charge in [-0.15, -0.1) is 0 Å². The van der Waals surface area contributed by atoms with E-state index in [2.05, 4.69) is 41.8 Å². The fourth-order valence-corrected chi connectivity index (χ4v) is 1.96. The second-order valence-corrected chi connectivity index (χ2v) is 4.23. The molecule has 1 atom stereocenters. The first kappa shape index (κ1) is 13.2. The van der Waals surface area contributed by atoms with Crippen LogP contribution in [0.2, 0.25) is 0 Å². The summed E-state index contributed by atoms with van der Waals surface area (Å²) in [7, 11) is 0. The molecule has 0 amide bonds. The normalized spacial score (nSPS) is 12.9. The Hall–Kier alpha value is -0.830. The zero-order valence-electron chi connectivity index (χ0n) is 10.9. The van der Waals surface area contributed by atoms with Gasteiger partial charge in [0.2, 0.25) is 0 Å². The van der Waals surface area contributed by atoms with Gasteiger partial charge in [0, 0.05) is 31.4 Å². The number of aryl methyl sites for hydroxylation is 2. The van der Waals surface area contributed by atoms with Crippen molar-refractivity contribution in [2.75, 3.05) is 6.54 Å². The van der Waals surface area contributed by atoms with Gasteiger partial charge >= 0.3 is 0 Å². The van der Waals surface area contributed by atoms with Crippen molar-refractivity contribution in [3.8, 4) is 0 Å². The van der Waals surface area contributed by atoms with Crippen molar-refractivity contribution < 1.29 is 0 Å². The minimum atomic E-state index is 0.641. The molecule has 3 nitrogen and oxygen atoms in total. The summed E-state index contributed by atoms with van der Waals surface area (Å²) in [6.45, 7) is 8.77. The van der Waals surface area contributed by atoms with Gasteiger partial charge in [-0.05, 0) is 32.7 Å². The zero-order chi connectivity index (χ0) is 11.8. The number of aromatic nitrogens is 2. The lowest BCUT2D eigenvalue weighted by Crippen LogP contribution is -2.29. The maximum atomic E-state index is 4.41. The summed E-state index contributed by atoms with van der Waals surface area (Å²) in [5, 5.41) is 3.58. The van der Waals surface area contributed by atoms with Gasteiger partial charge in [0.05, 0.1) is 0 Å². The molecule has 1 N–H and O–H groups in total. The van der Waals surface area contributed by atoms with Crippen LogP contribution < -0.4 is 5.32 Å². The summed E-state index contributed by atoms with van der Waals surface area (Å²) in [6, 6.07) is 0.641. The molecule has 0 saturated heterocycles. The average Bonchev–Trinajstić information content (AvgIpc) is 2.77. The van der Waals surface area contributed by atoms with Gasteiger partial charge in [-0.1, -0.05) is 13.8 Å². The van der Waals surface area contributed by atoms with E-state index in [1.165, 1.54) is 25.1 Å². The molecule has 1 rings (SSSR count). The number of nitrogens with one attached hydrogen (secondary N) is 1. The second kappa shape index (κ2) is 7.44. The second-order valence-electron chi connectivity index (χ2n) is 4.23. The summed E-state index contributed by atoms with van der Waals surface area (Å²) >= 11 is 0. The van der Waals surface area contributed by atoms with Crippen molar-refractivity contribution in [1.29, 1.82) is 0 Å². The maximum absolute atomic E-state index is 4.41. The highest BCUT2D eigenvalue weighted by Crippen LogP contribution is 2.06. The number of hydrogen-bond acceptors (Lipinski definition) is 2. The van der Waals surface area contributed by atoms with Gasteiger partial charge < -0.3 is 9.88 Å². The van der Waals surface area contributed by atoms with E-state index in [0.717, 1.165) is 19.5 Å². The minimum absolute atomic E-state index is 0.641. The smallest absolute Gasteiger partial charge is 0.108 e. The summed E-state index contributed by atoms with van der Waals surface area (Å²) < 4.78 is 2.23. The van der Waals surface area contributed by atoms with E-state index in [1.54, 1.807) is 0 Å². The van der Waals surface area contributed by atoms with Gasteiger partial charge in [-0.2, -0.15) is 0 Å². The molecule has 0 aliphatic heterocycles. The van der Waals surface area contributed by atoms with E-state index in [0.29, 0.717) is 6.04 Å². The molecule has 0 bridgehead atoms. The number of hydrogen-bond donors (Lipinski definition) is 1. The molecular formula is C13H25N3. The third-order valence-electron chi connectivity index (χ3n) is 3.03. The van der Waals surface area contributed by atoms with Crippen LogP contribution >= 0.6 is 0 Å². The monoisotopic (exact) mass is 223 g/mol. The van der Waals surface area contributed by atoms with E-state index < -0.39 is 0 Å². The highest BCUT2D eigenvalue weighted by molar-refractivity contribution is 4.93. The average molecular weight is 223 g/mol. The largest absolute Gasteiger partial charge is 0.335 e. The van der Waals surface area contributed by atoms with Crippen LogP contribution in [0.1, 0.15) is 45.9 Å². The van der Waals surface area contributed by atoms with E-state index in [-0.39, 0.29) is 0 Å². The molecule has 0 fully saturated rings. The molecule has 0 saturated carbocycles. The summed E-state index contributed by atoms with van der Waals surface area (Å²) in [5.41, 5.74) is 0. The van der Waals surface area contributed by atoms with Gasteiger partial charge in [0.1, 0.15) is 5.82 Å². The maximum Gasteiger partial charge on any atom is 0.108 e. The van der Waals surface area contributed by atoms with Crippen LogP contribution in [0.4, 0.5) is 0 Å². The molecule has 92 valence electrons. The van der Waals surface area contributed by atoms with Gasteiger partial charge in [0.15, 0.2) is 0 Å². The first-order chi connectivity index (χ1) is 7.81. The number of rotatable bonds is 8. The quantitative estimate of drug-likeness (QED) is 0.734. The Bertz CT molecular complexity index is 280. The Morgan fingerprint density at radius 2 is 2.19 bits per heavy atom. The molecule has 0 spiro atoms. The third-order valence-corrected chi connectivity index (χ3v) is 3.03. The lowest BCUT2D eigenvalue weighted by molar-refractivity contribution is 0.460. The predicted molar refractivity (Wildman–Crippen MR) is 68.6 cm³/mol. The minimum Gasteiger partial charge on any atom is -0.335 e. The molecule has 1 aromatic rings. The predicted octanol–water partition coefficient (Wildman–Crippen LogP) is 2.61. The lowest BCUT2D eigenvalue weighted by Gasteiger charge is -2.16. The molecule has 16 heavy (non-hydrogen) atoms. The lowest BCUT2D eigenvalue weighted by atomic mass is 10.1. The van der Waals surface area contributed by atoms with Crippen LogP contribution in [0.3, 0.4) is 0 Å². The summed E-state index contributed by atoms with van der Waals surface area (Å²) in [6.07, 6.45) is 8.64. The Morgan fingerprint density at radius 1 is 1.38 bits per heavy atom. The fraction of sp³-hybridized carbons (Fsp3) is 0.769. The Morgan fingerprint density at radius 3 is 2.81 bits per heavy atom. The topological polar surface area (TPSA) is 29.9 Å². The van der Waals surface area contributed by atoms with Gasteiger partial charge in [0.25, 0.3) is 0 Å². The molecule has 3 heteroatoms. The van der Waals surface area contributed by atoms with Gasteiger partial charge in [-0.3, -0.25) is 0 Å². The summed E-state index contributed by atoms with van der Waals surface area (Å²) in [4.78, 5) is 4.41. The fourth-order valence-electron chi connectivity index (χ4n) is 1.96. The highest BCUT2D eigenvalue weighted by atomic mass is 15.1. The van der Waals surface area contributed by atoms with Crippen LogP contribution in [0.25, 0.3) is 0 Å².